The molecule has 3 rings (SSSR count). The van der Waals surface area contributed by atoms with Crippen LogP contribution in [-0.2, 0) is 4.79 Å². The van der Waals surface area contributed by atoms with Crippen molar-refractivity contribution in [2.24, 2.45) is 0 Å². The molecule has 4 nitrogen and oxygen atoms in total. The van der Waals surface area contributed by atoms with Crippen molar-refractivity contribution in [3.8, 4) is 5.75 Å². The number of rotatable bonds is 8. The Hall–Kier alpha value is -2.12. The Morgan fingerprint density at radius 1 is 1.18 bits per heavy atom. The quantitative estimate of drug-likeness (QED) is 0.673. The van der Waals surface area contributed by atoms with Crippen molar-refractivity contribution in [3.63, 3.8) is 0 Å². The smallest absolute Gasteiger partial charge is 0.230 e. The molecule has 0 radical (unpaired) electrons. The topological polar surface area (TPSA) is 41.6 Å². The highest BCUT2D eigenvalue weighted by atomic mass is 32.2. The average molecular weight is 406 g/mol. The van der Waals surface area contributed by atoms with Gasteiger partial charge in [0.15, 0.2) is 11.6 Å². The number of thioether (sulfide) groups is 1. The van der Waals surface area contributed by atoms with Gasteiger partial charge in [-0.3, -0.25) is 9.69 Å². The lowest BCUT2D eigenvalue weighted by Gasteiger charge is -2.29. The van der Waals surface area contributed by atoms with Gasteiger partial charge in [0.05, 0.1) is 18.9 Å². The number of nitrogens with one attached hydrogen (secondary N) is 1. The number of ether oxygens (including phenoxy) is 1. The first-order valence-electron chi connectivity index (χ1n) is 9.30. The first kappa shape index (κ1) is 20.6. The number of hydrogen-bond acceptors (Lipinski definition) is 4. The van der Waals surface area contributed by atoms with Gasteiger partial charge in [-0.1, -0.05) is 18.2 Å². The van der Waals surface area contributed by atoms with Gasteiger partial charge in [0.25, 0.3) is 0 Å². The number of benzene rings is 2. The van der Waals surface area contributed by atoms with E-state index in [0.717, 1.165) is 49.4 Å². The second-order valence-corrected chi connectivity index (χ2v) is 7.72. The summed E-state index contributed by atoms with van der Waals surface area (Å²) in [6.07, 6.45) is 2.29. The lowest BCUT2D eigenvalue weighted by Crippen LogP contribution is -2.37. The van der Waals surface area contributed by atoms with E-state index >= 15 is 0 Å². The molecule has 1 saturated heterocycles. The molecule has 1 atom stereocenters. The molecule has 1 N–H and O–H groups in total. The summed E-state index contributed by atoms with van der Waals surface area (Å²) in [6.45, 7) is 2.45. The van der Waals surface area contributed by atoms with Crippen LogP contribution in [0.3, 0.4) is 0 Å². The summed E-state index contributed by atoms with van der Waals surface area (Å²) in [6, 6.07) is 11.6. The third-order valence-corrected chi connectivity index (χ3v) is 5.83. The maximum atomic E-state index is 13.3. The zero-order chi connectivity index (χ0) is 19.9. The Kier molecular flexibility index (Phi) is 7.28. The summed E-state index contributed by atoms with van der Waals surface area (Å²) in [4.78, 5) is 15.2. The number of methoxy groups -OCH3 is 1. The van der Waals surface area contributed by atoms with Crippen LogP contribution < -0.4 is 10.1 Å². The van der Waals surface area contributed by atoms with Crippen LogP contribution in [0.25, 0.3) is 0 Å². The van der Waals surface area contributed by atoms with Crippen LogP contribution in [0.4, 0.5) is 8.78 Å². The van der Waals surface area contributed by atoms with E-state index < -0.39 is 11.6 Å². The number of likely N-dealkylation sites (tertiary alicyclic amines) is 1. The molecule has 1 unspecified atom stereocenters. The van der Waals surface area contributed by atoms with Crippen molar-refractivity contribution in [2.45, 2.75) is 23.8 Å². The minimum atomic E-state index is -0.907. The van der Waals surface area contributed by atoms with Crippen molar-refractivity contribution in [1.29, 1.82) is 0 Å². The lowest BCUT2D eigenvalue weighted by molar-refractivity contribution is -0.118. The molecule has 1 fully saturated rings. The van der Waals surface area contributed by atoms with Gasteiger partial charge in [-0.15, -0.1) is 11.8 Å². The summed E-state index contributed by atoms with van der Waals surface area (Å²) in [7, 11) is 1.65. The van der Waals surface area contributed by atoms with E-state index in [1.165, 1.54) is 17.8 Å². The first-order chi connectivity index (χ1) is 13.6. The van der Waals surface area contributed by atoms with Crippen LogP contribution in [0.2, 0.25) is 0 Å². The van der Waals surface area contributed by atoms with E-state index in [2.05, 4.69) is 10.2 Å². The molecule has 1 aliphatic rings. The molecule has 0 aromatic heterocycles. The van der Waals surface area contributed by atoms with Gasteiger partial charge in [-0.2, -0.15) is 0 Å². The van der Waals surface area contributed by atoms with Gasteiger partial charge in [0.2, 0.25) is 5.91 Å². The summed E-state index contributed by atoms with van der Waals surface area (Å²) in [5, 5.41) is 2.98. The third kappa shape index (κ3) is 5.23. The molecule has 2 aromatic rings. The summed E-state index contributed by atoms with van der Waals surface area (Å²) >= 11 is 1.18. The normalized spacial score (nSPS) is 15.4. The Balaban J connectivity index is 1.61. The van der Waals surface area contributed by atoms with Crippen molar-refractivity contribution in [3.05, 3.63) is 59.7 Å². The highest BCUT2D eigenvalue weighted by Gasteiger charge is 2.26. The molecule has 0 spiro atoms. The molecule has 7 heteroatoms. The van der Waals surface area contributed by atoms with Crippen LogP contribution in [-0.4, -0.2) is 43.3 Å². The van der Waals surface area contributed by atoms with E-state index in [9.17, 15) is 13.6 Å². The number of para-hydroxylation sites is 1. The monoisotopic (exact) mass is 406 g/mol. The number of hydrogen-bond donors (Lipinski definition) is 1. The molecule has 2 aromatic carbocycles. The number of carbonyl (C=O) groups is 1. The molecule has 0 aliphatic carbocycles. The summed E-state index contributed by atoms with van der Waals surface area (Å²) in [5.74, 6) is -0.989. The Labute approximate surface area is 168 Å². The highest BCUT2D eigenvalue weighted by Crippen LogP contribution is 2.31. The van der Waals surface area contributed by atoms with Gasteiger partial charge < -0.3 is 10.1 Å². The Bertz CT molecular complexity index is 813. The maximum absolute atomic E-state index is 13.3. The molecule has 1 aliphatic heterocycles. The minimum absolute atomic E-state index is 0.0378. The standard InChI is InChI=1S/C21H24F2N2O2S/c1-27-20-7-3-2-6-16(20)19(25-10-4-5-11-25)13-24-21(26)14-28-15-8-9-17(22)18(23)12-15/h2-3,6-9,12,19H,4-5,10-11,13-14H2,1H3,(H,24,26). The van der Waals surface area contributed by atoms with E-state index in [4.69, 9.17) is 4.74 Å². The Morgan fingerprint density at radius 2 is 1.93 bits per heavy atom. The van der Waals surface area contributed by atoms with Crippen molar-refractivity contribution >= 4 is 17.7 Å². The summed E-state index contributed by atoms with van der Waals surface area (Å²) in [5.41, 5.74) is 1.06. The van der Waals surface area contributed by atoms with Gasteiger partial charge in [0.1, 0.15) is 5.75 Å². The zero-order valence-electron chi connectivity index (χ0n) is 15.8. The Morgan fingerprint density at radius 3 is 2.64 bits per heavy atom. The first-order valence-corrected chi connectivity index (χ1v) is 10.3. The summed E-state index contributed by atoms with van der Waals surface area (Å²) < 4.78 is 31.8. The second kappa shape index (κ2) is 9.89. The highest BCUT2D eigenvalue weighted by molar-refractivity contribution is 8.00. The second-order valence-electron chi connectivity index (χ2n) is 6.67. The SMILES string of the molecule is COc1ccccc1C(CNC(=O)CSc1ccc(F)c(F)c1)N1CCCC1. The van der Waals surface area contributed by atoms with Gasteiger partial charge in [-0.05, 0) is 50.2 Å². The number of carbonyl (C=O) groups excluding carboxylic acids is 1. The predicted molar refractivity (Wildman–Crippen MR) is 107 cm³/mol. The lowest BCUT2D eigenvalue weighted by atomic mass is 10.0. The predicted octanol–water partition coefficient (Wildman–Crippen LogP) is 4.02. The fourth-order valence-corrected chi connectivity index (χ4v) is 4.16. The molecule has 150 valence electrons. The van der Waals surface area contributed by atoms with Crippen LogP contribution in [0, 0.1) is 11.6 Å². The van der Waals surface area contributed by atoms with E-state index in [1.807, 2.05) is 24.3 Å². The van der Waals surface area contributed by atoms with Crippen molar-refractivity contribution in [2.75, 3.05) is 32.5 Å². The van der Waals surface area contributed by atoms with Crippen LogP contribution in [0.1, 0.15) is 24.4 Å². The van der Waals surface area contributed by atoms with Gasteiger partial charge in [-0.25, -0.2) is 8.78 Å². The molecule has 1 heterocycles. The maximum Gasteiger partial charge on any atom is 0.230 e. The van der Waals surface area contributed by atoms with E-state index in [-0.39, 0.29) is 17.7 Å². The van der Waals surface area contributed by atoms with E-state index in [1.54, 1.807) is 7.11 Å². The largest absolute Gasteiger partial charge is 0.496 e. The van der Waals surface area contributed by atoms with Crippen molar-refractivity contribution < 1.29 is 18.3 Å². The van der Waals surface area contributed by atoms with Gasteiger partial charge >= 0.3 is 0 Å². The number of amides is 1. The third-order valence-electron chi connectivity index (χ3n) is 4.83. The van der Waals surface area contributed by atoms with Gasteiger partial charge in [0, 0.05) is 17.0 Å². The molecule has 0 saturated carbocycles. The molecular formula is C21H24F2N2O2S. The number of halogens is 2. The molecule has 0 bridgehead atoms. The molecule has 1 amide bonds. The fourth-order valence-electron chi connectivity index (χ4n) is 3.41. The van der Waals surface area contributed by atoms with Crippen LogP contribution >= 0.6 is 11.8 Å². The average Bonchev–Trinajstić information content (AvgIpc) is 3.24. The fraction of sp³-hybridized carbons (Fsp3) is 0.381. The van der Waals surface area contributed by atoms with Crippen molar-refractivity contribution in [1.82, 2.24) is 10.2 Å². The molecular weight excluding hydrogens is 382 g/mol. The van der Waals surface area contributed by atoms with E-state index in [0.29, 0.717) is 11.4 Å². The van der Waals surface area contributed by atoms with Crippen LogP contribution in [0.15, 0.2) is 47.4 Å². The number of nitrogens with zero attached hydrogens (tertiary/aromatic N) is 1. The zero-order valence-corrected chi connectivity index (χ0v) is 16.6. The minimum Gasteiger partial charge on any atom is -0.496 e. The van der Waals surface area contributed by atoms with Crippen LogP contribution in [0.5, 0.6) is 5.75 Å². The molecule has 28 heavy (non-hydrogen) atoms.